The Hall–Kier alpha value is -2.37. The minimum absolute atomic E-state index is 0.0782. The quantitative estimate of drug-likeness (QED) is 0.0262. The van der Waals surface area contributed by atoms with E-state index in [0.29, 0.717) is 19.3 Å². The smallest absolute Gasteiger partial charge is 0.306 e. The molecule has 0 aromatic carbocycles. The Balaban J connectivity index is 4.37. The molecule has 0 spiro atoms. The Morgan fingerprint density at radius 2 is 0.581 bits per heavy atom. The van der Waals surface area contributed by atoms with Crippen molar-refractivity contribution in [2.75, 3.05) is 13.2 Å². The Bertz CT molecular complexity index is 1050. The fraction of sp³-hybridized carbons (Fsp3) is 0.839. The molecule has 0 saturated heterocycles. The molecular weight excluding hydrogens is 769 g/mol. The summed E-state index contributed by atoms with van der Waals surface area (Å²) in [6.07, 6.45) is 59.8. The molecule has 0 aromatic heterocycles. The summed E-state index contributed by atoms with van der Waals surface area (Å²) in [7, 11) is 0. The normalized spacial score (nSPS) is 12.2. The summed E-state index contributed by atoms with van der Waals surface area (Å²) < 4.78 is 16.8. The molecule has 0 aromatic rings. The average Bonchev–Trinajstić information content (AvgIpc) is 3.27. The summed E-state index contributed by atoms with van der Waals surface area (Å²) in [5.41, 5.74) is 0. The van der Waals surface area contributed by atoms with Gasteiger partial charge in [0.05, 0.1) is 0 Å². The predicted molar refractivity (Wildman–Crippen MR) is 266 cm³/mol. The second kappa shape index (κ2) is 51.3. The Labute approximate surface area is 385 Å². The van der Waals surface area contributed by atoms with Crippen LogP contribution in [0.25, 0.3) is 0 Å². The highest BCUT2D eigenvalue weighted by molar-refractivity contribution is 5.71. The summed E-state index contributed by atoms with van der Waals surface area (Å²) >= 11 is 0. The molecule has 62 heavy (non-hydrogen) atoms. The number of rotatable bonds is 49. The summed E-state index contributed by atoms with van der Waals surface area (Å²) in [6.45, 7) is 6.61. The van der Waals surface area contributed by atoms with Crippen LogP contribution in [0.1, 0.15) is 284 Å². The molecule has 0 saturated carbocycles. The van der Waals surface area contributed by atoms with Crippen molar-refractivity contribution in [3.8, 4) is 0 Å². The lowest BCUT2D eigenvalue weighted by Crippen LogP contribution is -2.30. The Morgan fingerprint density at radius 1 is 0.323 bits per heavy atom. The van der Waals surface area contributed by atoms with Gasteiger partial charge in [-0.3, -0.25) is 14.4 Å². The number of hydrogen-bond acceptors (Lipinski definition) is 6. The average molecular weight is 871 g/mol. The highest BCUT2D eigenvalue weighted by atomic mass is 16.6. The molecule has 0 amide bonds. The van der Waals surface area contributed by atoms with Gasteiger partial charge in [0.25, 0.3) is 0 Å². The summed E-state index contributed by atoms with van der Waals surface area (Å²) in [4.78, 5) is 38.0. The van der Waals surface area contributed by atoms with Gasteiger partial charge in [-0.25, -0.2) is 0 Å². The molecule has 0 aliphatic carbocycles. The van der Waals surface area contributed by atoms with Gasteiger partial charge in [0, 0.05) is 19.3 Å². The van der Waals surface area contributed by atoms with Gasteiger partial charge in [-0.1, -0.05) is 224 Å². The topological polar surface area (TPSA) is 78.9 Å². The van der Waals surface area contributed by atoms with Crippen LogP contribution in [0.4, 0.5) is 0 Å². The van der Waals surface area contributed by atoms with E-state index < -0.39 is 6.10 Å². The van der Waals surface area contributed by atoms with Crippen molar-refractivity contribution in [2.24, 2.45) is 0 Å². The van der Waals surface area contributed by atoms with Crippen molar-refractivity contribution in [3.05, 3.63) is 36.5 Å². The number of unbranched alkanes of at least 4 members (excludes halogenated alkanes) is 32. The van der Waals surface area contributed by atoms with Crippen molar-refractivity contribution in [2.45, 2.75) is 290 Å². The molecule has 6 heteroatoms. The molecule has 0 N–H and O–H groups in total. The van der Waals surface area contributed by atoms with E-state index >= 15 is 0 Å². The van der Waals surface area contributed by atoms with E-state index in [1.807, 2.05) is 0 Å². The van der Waals surface area contributed by atoms with Crippen LogP contribution in [-0.2, 0) is 28.6 Å². The summed E-state index contributed by atoms with van der Waals surface area (Å²) in [6, 6.07) is 0. The maximum absolute atomic E-state index is 12.8. The predicted octanol–water partition coefficient (Wildman–Crippen LogP) is 17.7. The first kappa shape index (κ1) is 59.6. The lowest BCUT2D eigenvalue weighted by Gasteiger charge is -2.18. The number of hydrogen-bond donors (Lipinski definition) is 0. The highest BCUT2D eigenvalue weighted by Gasteiger charge is 2.19. The van der Waals surface area contributed by atoms with Gasteiger partial charge in [0.15, 0.2) is 6.10 Å². The molecule has 1 unspecified atom stereocenters. The molecule has 0 fully saturated rings. The molecular formula is C56H102O6. The molecule has 362 valence electrons. The van der Waals surface area contributed by atoms with E-state index in [1.165, 1.54) is 161 Å². The number of carbonyl (C=O) groups is 3. The minimum Gasteiger partial charge on any atom is -0.462 e. The maximum Gasteiger partial charge on any atom is 0.306 e. The highest BCUT2D eigenvalue weighted by Crippen LogP contribution is 2.16. The van der Waals surface area contributed by atoms with E-state index in [9.17, 15) is 14.4 Å². The fourth-order valence-corrected chi connectivity index (χ4v) is 7.76. The second-order valence-electron chi connectivity index (χ2n) is 18.1. The van der Waals surface area contributed by atoms with Gasteiger partial charge in [0.2, 0.25) is 0 Å². The zero-order chi connectivity index (χ0) is 45.1. The SMILES string of the molecule is CCCCC/C=C\CCCCCCCC(=O)OCC(COC(=O)CCCCCCC/C=C\C/C=C\CCCCCC)OC(=O)CCCCCCCCCCCCCCCCCC. The number of carbonyl (C=O) groups excluding carboxylic acids is 3. The van der Waals surface area contributed by atoms with Gasteiger partial charge in [-0.2, -0.15) is 0 Å². The van der Waals surface area contributed by atoms with Crippen LogP contribution in [0.2, 0.25) is 0 Å². The molecule has 0 rings (SSSR count). The van der Waals surface area contributed by atoms with Crippen LogP contribution < -0.4 is 0 Å². The number of allylic oxidation sites excluding steroid dienone is 6. The van der Waals surface area contributed by atoms with Crippen molar-refractivity contribution >= 4 is 17.9 Å². The Morgan fingerprint density at radius 3 is 0.952 bits per heavy atom. The van der Waals surface area contributed by atoms with Crippen LogP contribution in [0.15, 0.2) is 36.5 Å². The second-order valence-corrected chi connectivity index (χ2v) is 18.1. The van der Waals surface area contributed by atoms with Gasteiger partial charge in [-0.05, 0) is 77.0 Å². The molecule has 0 bridgehead atoms. The molecule has 0 aliphatic rings. The summed E-state index contributed by atoms with van der Waals surface area (Å²) in [5.74, 6) is -0.887. The standard InChI is InChI=1S/C56H102O6/c1-4-7-10-13-16-19-22-25-27-29-31-34-37-40-43-46-49-55(58)61-52-53(51-60-54(57)48-45-42-39-36-33-24-21-18-15-12-9-6-3)62-56(59)50-47-44-41-38-35-32-30-28-26-23-20-17-14-11-8-5-2/h18-19,21-22,27,29,53H,4-17,20,23-26,28,30-52H2,1-3H3/b21-18-,22-19-,29-27-. The molecule has 0 aliphatic heterocycles. The molecule has 0 radical (unpaired) electrons. The van der Waals surface area contributed by atoms with Crippen LogP contribution in [-0.4, -0.2) is 37.2 Å². The van der Waals surface area contributed by atoms with E-state index in [1.54, 1.807) is 0 Å². The van der Waals surface area contributed by atoms with Crippen LogP contribution in [0, 0.1) is 0 Å². The molecule has 0 heterocycles. The first-order chi connectivity index (χ1) is 30.5. The van der Waals surface area contributed by atoms with Crippen molar-refractivity contribution in [1.29, 1.82) is 0 Å². The van der Waals surface area contributed by atoms with Gasteiger partial charge >= 0.3 is 17.9 Å². The lowest BCUT2D eigenvalue weighted by atomic mass is 10.0. The third kappa shape index (κ3) is 48.7. The van der Waals surface area contributed by atoms with E-state index in [4.69, 9.17) is 14.2 Å². The van der Waals surface area contributed by atoms with Gasteiger partial charge < -0.3 is 14.2 Å². The van der Waals surface area contributed by atoms with Crippen LogP contribution in [0.5, 0.6) is 0 Å². The summed E-state index contributed by atoms with van der Waals surface area (Å²) in [5, 5.41) is 0. The van der Waals surface area contributed by atoms with E-state index in [2.05, 4.69) is 57.2 Å². The number of esters is 3. The van der Waals surface area contributed by atoms with E-state index in [0.717, 1.165) is 83.5 Å². The number of ether oxygens (including phenoxy) is 3. The van der Waals surface area contributed by atoms with E-state index in [-0.39, 0.29) is 31.1 Å². The molecule has 6 nitrogen and oxygen atoms in total. The van der Waals surface area contributed by atoms with Gasteiger partial charge in [-0.15, -0.1) is 0 Å². The van der Waals surface area contributed by atoms with Crippen LogP contribution in [0.3, 0.4) is 0 Å². The van der Waals surface area contributed by atoms with Gasteiger partial charge in [0.1, 0.15) is 13.2 Å². The monoisotopic (exact) mass is 871 g/mol. The third-order valence-electron chi connectivity index (χ3n) is 11.9. The minimum atomic E-state index is -0.777. The maximum atomic E-state index is 12.8. The first-order valence-electron chi connectivity index (χ1n) is 27.0. The fourth-order valence-electron chi connectivity index (χ4n) is 7.76. The van der Waals surface area contributed by atoms with Crippen LogP contribution >= 0.6 is 0 Å². The largest absolute Gasteiger partial charge is 0.462 e. The zero-order valence-corrected chi connectivity index (χ0v) is 41.4. The Kier molecular flexibility index (Phi) is 49.3. The lowest BCUT2D eigenvalue weighted by molar-refractivity contribution is -0.167. The molecule has 1 atom stereocenters. The van der Waals surface area contributed by atoms with Crippen molar-refractivity contribution in [3.63, 3.8) is 0 Å². The van der Waals surface area contributed by atoms with Crippen molar-refractivity contribution in [1.82, 2.24) is 0 Å². The van der Waals surface area contributed by atoms with Crippen molar-refractivity contribution < 1.29 is 28.6 Å². The first-order valence-corrected chi connectivity index (χ1v) is 27.0. The third-order valence-corrected chi connectivity index (χ3v) is 11.9. The zero-order valence-electron chi connectivity index (χ0n) is 41.4.